The van der Waals surface area contributed by atoms with Gasteiger partial charge < -0.3 is 10.6 Å². The molecule has 0 aliphatic heterocycles. The Morgan fingerprint density at radius 2 is 2.32 bits per heavy atom. The number of hydrogen-bond acceptors (Lipinski definition) is 3. The van der Waals surface area contributed by atoms with Crippen LogP contribution in [0.5, 0.6) is 0 Å². The largest absolute Gasteiger partial charge is 0.383 e. The molecular weight excluding hydrogens is 238 g/mol. The third kappa shape index (κ3) is 3.46. The lowest BCUT2D eigenvalue weighted by Crippen LogP contribution is -2.30. The summed E-state index contributed by atoms with van der Waals surface area (Å²) in [6.45, 7) is 5.86. The highest BCUT2D eigenvalue weighted by Crippen LogP contribution is 2.30. The standard InChI is InChI=1S/C15H23N3O/c1-3-17-14-10-16-8-7-13(14)15(19)18-9-12-6-4-5-11(12)2/h7-8,10-12,17H,3-6,9H2,1-2H3,(H,18,19). The summed E-state index contributed by atoms with van der Waals surface area (Å²) in [5, 5.41) is 6.23. The fourth-order valence-corrected chi connectivity index (χ4v) is 2.77. The van der Waals surface area contributed by atoms with Crippen LogP contribution in [0.4, 0.5) is 5.69 Å². The third-order valence-electron chi connectivity index (χ3n) is 4.00. The SMILES string of the molecule is CCNc1cnccc1C(=O)NCC1CCCC1C. The van der Waals surface area contributed by atoms with Crippen molar-refractivity contribution in [3.05, 3.63) is 24.0 Å². The van der Waals surface area contributed by atoms with Crippen molar-refractivity contribution in [3.8, 4) is 0 Å². The first-order valence-corrected chi connectivity index (χ1v) is 7.18. The lowest BCUT2D eigenvalue weighted by molar-refractivity contribution is 0.0945. The van der Waals surface area contributed by atoms with Crippen LogP contribution in [-0.2, 0) is 0 Å². The number of hydrogen-bond donors (Lipinski definition) is 2. The molecule has 0 saturated heterocycles. The van der Waals surface area contributed by atoms with Gasteiger partial charge in [-0.2, -0.15) is 0 Å². The van der Waals surface area contributed by atoms with Crippen LogP contribution >= 0.6 is 0 Å². The van der Waals surface area contributed by atoms with Gasteiger partial charge in [0.05, 0.1) is 17.4 Å². The smallest absolute Gasteiger partial charge is 0.253 e. The zero-order valence-electron chi connectivity index (χ0n) is 11.8. The van der Waals surface area contributed by atoms with Gasteiger partial charge in [0.1, 0.15) is 0 Å². The molecule has 1 aromatic rings. The molecule has 104 valence electrons. The molecule has 2 N–H and O–H groups in total. The van der Waals surface area contributed by atoms with E-state index in [4.69, 9.17) is 0 Å². The minimum atomic E-state index is -0.00236. The Labute approximate surface area is 115 Å². The molecule has 2 rings (SSSR count). The highest BCUT2D eigenvalue weighted by molar-refractivity contribution is 5.99. The van der Waals surface area contributed by atoms with Gasteiger partial charge in [0, 0.05) is 19.3 Å². The average molecular weight is 261 g/mol. The van der Waals surface area contributed by atoms with Crippen LogP contribution in [0.1, 0.15) is 43.5 Å². The molecule has 1 aliphatic rings. The number of nitrogens with zero attached hydrogens (tertiary/aromatic N) is 1. The molecule has 1 aliphatic carbocycles. The van der Waals surface area contributed by atoms with Crippen LogP contribution in [0.15, 0.2) is 18.5 Å². The average Bonchev–Trinajstić information content (AvgIpc) is 2.82. The van der Waals surface area contributed by atoms with Crippen LogP contribution in [0.25, 0.3) is 0 Å². The predicted octanol–water partition coefficient (Wildman–Crippen LogP) is 2.68. The number of anilines is 1. The highest BCUT2D eigenvalue weighted by atomic mass is 16.1. The Hall–Kier alpha value is -1.58. The lowest BCUT2D eigenvalue weighted by atomic mass is 9.98. The molecule has 0 spiro atoms. The summed E-state index contributed by atoms with van der Waals surface area (Å²) in [4.78, 5) is 16.3. The van der Waals surface area contributed by atoms with E-state index in [1.54, 1.807) is 18.5 Å². The first-order valence-electron chi connectivity index (χ1n) is 7.18. The summed E-state index contributed by atoms with van der Waals surface area (Å²) in [5.41, 5.74) is 1.49. The summed E-state index contributed by atoms with van der Waals surface area (Å²) in [7, 11) is 0. The molecule has 0 radical (unpaired) electrons. The number of aromatic nitrogens is 1. The fourth-order valence-electron chi connectivity index (χ4n) is 2.77. The maximum atomic E-state index is 12.2. The van der Waals surface area contributed by atoms with Crippen molar-refractivity contribution in [1.29, 1.82) is 0 Å². The topological polar surface area (TPSA) is 54.0 Å². The second-order valence-electron chi connectivity index (χ2n) is 5.33. The van der Waals surface area contributed by atoms with Crippen molar-refractivity contribution in [1.82, 2.24) is 10.3 Å². The van der Waals surface area contributed by atoms with E-state index in [9.17, 15) is 4.79 Å². The van der Waals surface area contributed by atoms with E-state index in [-0.39, 0.29) is 5.91 Å². The summed E-state index contributed by atoms with van der Waals surface area (Å²) in [6, 6.07) is 1.77. The molecule has 1 heterocycles. The Kier molecular flexibility index (Phi) is 4.77. The number of pyridine rings is 1. The minimum absolute atomic E-state index is 0.00236. The number of carbonyl (C=O) groups excluding carboxylic acids is 1. The fraction of sp³-hybridized carbons (Fsp3) is 0.600. The number of amides is 1. The van der Waals surface area contributed by atoms with E-state index >= 15 is 0 Å². The van der Waals surface area contributed by atoms with Crippen LogP contribution < -0.4 is 10.6 Å². The van der Waals surface area contributed by atoms with Crippen molar-refractivity contribution >= 4 is 11.6 Å². The molecule has 4 nitrogen and oxygen atoms in total. The van der Waals surface area contributed by atoms with Crippen molar-refractivity contribution in [3.63, 3.8) is 0 Å². The molecule has 1 saturated carbocycles. The summed E-state index contributed by atoms with van der Waals surface area (Å²) < 4.78 is 0. The Balaban J connectivity index is 1.95. The van der Waals surface area contributed by atoms with Gasteiger partial charge in [-0.25, -0.2) is 0 Å². The zero-order valence-corrected chi connectivity index (χ0v) is 11.8. The van der Waals surface area contributed by atoms with Gasteiger partial charge >= 0.3 is 0 Å². The predicted molar refractivity (Wildman–Crippen MR) is 77.2 cm³/mol. The van der Waals surface area contributed by atoms with Crippen molar-refractivity contribution in [2.75, 3.05) is 18.4 Å². The third-order valence-corrected chi connectivity index (χ3v) is 4.00. The normalized spacial score (nSPS) is 22.2. The number of nitrogens with one attached hydrogen (secondary N) is 2. The van der Waals surface area contributed by atoms with Gasteiger partial charge in [0.15, 0.2) is 0 Å². The van der Waals surface area contributed by atoms with E-state index in [0.29, 0.717) is 11.5 Å². The van der Waals surface area contributed by atoms with Crippen molar-refractivity contribution in [2.24, 2.45) is 11.8 Å². The monoisotopic (exact) mass is 261 g/mol. The summed E-state index contributed by atoms with van der Waals surface area (Å²) >= 11 is 0. The molecule has 0 bridgehead atoms. The van der Waals surface area contributed by atoms with Gasteiger partial charge in [-0.05, 0) is 31.2 Å². The van der Waals surface area contributed by atoms with Crippen molar-refractivity contribution < 1.29 is 4.79 Å². The number of rotatable bonds is 5. The van der Waals surface area contributed by atoms with Gasteiger partial charge in [0.2, 0.25) is 0 Å². The van der Waals surface area contributed by atoms with Gasteiger partial charge in [-0.3, -0.25) is 9.78 Å². The number of carbonyl (C=O) groups is 1. The zero-order chi connectivity index (χ0) is 13.7. The quantitative estimate of drug-likeness (QED) is 0.857. The molecule has 1 amide bonds. The Morgan fingerprint density at radius 3 is 3.00 bits per heavy atom. The van der Waals surface area contributed by atoms with Gasteiger partial charge in [-0.1, -0.05) is 19.8 Å². The molecule has 2 atom stereocenters. The maximum absolute atomic E-state index is 12.2. The maximum Gasteiger partial charge on any atom is 0.253 e. The first kappa shape index (κ1) is 13.8. The lowest BCUT2D eigenvalue weighted by Gasteiger charge is -2.16. The van der Waals surface area contributed by atoms with E-state index in [1.807, 2.05) is 6.92 Å². The van der Waals surface area contributed by atoms with Gasteiger partial charge in [0.25, 0.3) is 5.91 Å². The van der Waals surface area contributed by atoms with Crippen LogP contribution in [-0.4, -0.2) is 24.0 Å². The second kappa shape index (κ2) is 6.55. The molecule has 1 fully saturated rings. The van der Waals surface area contributed by atoms with E-state index in [1.165, 1.54) is 19.3 Å². The van der Waals surface area contributed by atoms with Crippen molar-refractivity contribution in [2.45, 2.75) is 33.1 Å². The molecule has 4 heteroatoms. The molecule has 2 unspecified atom stereocenters. The summed E-state index contributed by atoms with van der Waals surface area (Å²) in [6.07, 6.45) is 7.18. The second-order valence-corrected chi connectivity index (χ2v) is 5.33. The summed E-state index contributed by atoms with van der Waals surface area (Å²) in [5.74, 6) is 1.36. The molecule has 1 aromatic heterocycles. The molecule has 0 aromatic carbocycles. The molecule has 19 heavy (non-hydrogen) atoms. The van der Waals surface area contributed by atoms with E-state index < -0.39 is 0 Å². The Bertz CT molecular complexity index is 433. The Morgan fingerprint density at radius 1 is 1.47 bits per heavy atom. The van der Waals surface area contributed by atoms with E-state index in [0.717, 1.165) is 24.7 Å². The van der Waals surface area contributed by atoms with E-state index in [2.05, 4.69) is 22.5 Å². The van der Waals surface area contributed by atoms with Crippen LogP contribution in [0.3, 0.4) is 0 Å². The highest BCUT2D eigenvalue weighted by Gasteiger charge is 2.24. The minimum Gasteiger partial charge on any atom is -0.383 e. The van der Waals surface area contributed by atoms with Crippen LogP contribution in [0.2, 0.25) is 0 Å². The first-order chi connectivity index (χ1) is 9.22. The van der Waals surface area contributed by atoms with Crippen LogP contribution in [0, 0.1) is 11.8 Å². The molecular formula is C15H23N3O. The van der Waals surface area contributed by atoms with Gasteiger partial charge in [-0.15, -0.1) is 0 Å².